The maximum absolute atomic E-state index is 13.6. The topological polar surface area (TPSA) is 49.3 Å². The minimum absolute atomic E-state index is 0. The number of hydrogen-bond donors (Lipinski definition) is 2. The predicted octanol–water partition coefficient (Wildman–Crippen LogP) is 3.28. The Bertz CT molecular complexity index is 665. The molecule has 0 saturated carbocycles. The summed E-state index contributed by atoms with van der Waals surface area (Å²) in [7, 11) is 0. The van der Waals surface area contributed by atoms with Crippen molar-refractivity contribution in [2.75, 3.05) is 13.1 Å². The number of nitrogens with zero attached hydrogens (tertiary/aromatic N) is 2. The van der Waals surface area contributed by atoms with Crippen LogP contribution in [-0.4, -0.2) is 24.0 Å². The predicted molar refractivity (Wildman–Crippen MR) is 103 cm³/mol. The van der Waals surface area contributed by atoms with Gasteiger partial charge in [0, 0.05) is 19.3 Å². The van der Waals surface area contributed by atoms with E-state index in [1.807, 2.05) is 13.0 Å². The van der Waals surface area contributed by atoms with Gasteiger partial charge in [-0.05, 0) is 37.1 Å². The molecule has 0 aliphatic carbocycles. The lowest BCUT2D eigenvalue weighted by molar-refractivity contribution is 0.598. The van der Waals surface area contributed by atoms with Crippen LogP contribution in [0.5, 0.6) is 0 Å². The third-order valence-corrected chi connectivity index (χ3v) is 3.21. The molecule has 0 aliphatic rings. The summed E-state index contributed by atoms with van der Waals surface area (Å²) in [4.78, 5) is 8.26. The molecule has 1 aromatic carbocycles. The number of pyridine rings is 1. The first-order chi connectivity index (χ1) is 11.2. The molecule has 0 spiro atoms. The number of rotatable bonds is 6. The molecule has 4 nitrogen and oxygen atoms in total. The fraction of sp³-hybridized carbons (Fsp3) is 0.294. The highest BCUT2D eigenvalue weighted by Gasteiger charge is 2.04. The van der Waals surface area contributed by atoms with Crippen LogP contribution in [0.2, 0.25) is 0 Å². The van der Waals surface area contributed by atoms with Gasteiger partial charge in [0.1, 0.15) is 11.6 Å². The normalized spacial score (nSPS) is 10.9. The molecule has 2 aromatic rings. The minimum Gasteiger partial charge on any atom is -0.357 e. The number of guanidine groups is 1. The van der Waals surface area contributed by atoms with E-state index in [1.54, 1.807) is 18.2 Å². The van der Waals surface area contributed by atoms with Gasteiger partial charge in [0.2, 0.25) is 0 Å². The molecule has 0 unspecified atom stereocenters. The van der Waals surface area contributed by atoms with Crippen LogP contribution in [0.3, 0.4) is 0 Å². The summed E-state index contributed by atoms with van der Waals surface area (Å²) in [5.74, 6) is -0.0425. The Morgan fingerprint density at radius 3 is 2.54 bits per heavy atom. The van der Waals surface area contributed by atoms with Crippen LogP contribution < -0.4 is 10.6 Å². The van der Waals surface area contributed by atoms with Gasteiger partial charge in [-0.2, -0.15) is 0 Å². The summed E-state index contributed by atoms with van der Waals surface area (Å²) in [6.45, 7) is 3.28. The van der Waals surface area contributed by atoms with Gasteiger partial charge in [0.25, 0.3) is 0 Å². The van der Waals surface area contributed by atoms with Crippen LogP contribution in [0, 0.1) is 11.6 Å². The standard InChI is InChI=1S/C17H20F2N4.HI/c1-2-20-17(23-12-16-15(19)8-5-10-21-16)22-11-9-13-6-3-4-7-14(13)18;/h3-8,10H,2,9,11-12H2,1H3,(H2,20,22,23);1H. The molecule has 0 atom stereocenters. The van der Waals surface area contributed by atoms with Crippen molar-refractivity contribution in [3.8, 4) is 0 Å². The molecule has 130 valence electrons. The Balaban J connectivity index is 0.00000288. The molecular formula is C17H21F2IN4. The minimum atomic E-state index is -0.376. The number of halogens is 3. The number of hydrogen-bond acceptors (Lipinski definition) is 2. The number of aromatic nitrogens is 1. The van der Waals surface area contributed by atoms with Crippen molar-refractivity contribution < 1.29 is 8.78 Å². The van der Waals surface area contributed by atoms with E-state index in [2.05, 4.69) is 20.6 Å². The lowest BCUT2D eigenvalue weighted by Gasteiger charge is -2.11. The van der Waals surface area contributed by atoms with Crippen molar-refractivity contribution in [2.45, 2.75) is 19.9 Å². The highest BCUT2D eigenvalue weighted by Crippen LogP contribution is 2.06. The van der Waals surface area contributed by atoms with Gasteiger partial charge in [0.05, 0.1) is 12.2 Å². The van der Waals surface area contributed by atoms with Crippen LogP contribution in [0.15, 0.2) is 47.6 Å². The van der Waals surface area contributed by atoms with Gasteiger partial charge in [-0.15, -0.1) is 24.0 Å². The molecule has 2 rings (SSSR count). The summed E-state index contributed by atoms with van der Waals surface area (Å²) < 4.78 is 27.1. The van der Waals surface area contributed by atoms with Gasteiger partial charge in [-0.25, -0.2) is 13.8 Å². The zero-order valence-electron chi connectivity index (χ0n) is 13.4. The Morgan fingerprint density at radius 2 is 1.83 bits per heavy atom. The summed E-state index contributed by atoms with van der Waals surface area (Å²) in [6, 6.07) is 9.57. The third kappa shape index (κ3) is 6.38. The van der Waals surface area contributed by atoms with Crippen molar-refractivity contribution >= 4 is 29.9 Å². The van der Waals surface area contributed by atoms with E-state index in [-0.39, 0.29) is 42.2 Å². The largest absolute Gasteiger partial charge is 0.357 e. The summed E-state index contributed by atoms with van der Waals surface area (Å²) in [5, 5.41) is 6.18. The Morgan fingerprint density at radius 1 is 1.08 bits per heavy atom. The quantitative estimate of drug-likeness (QED) is 0.407. The molecule has 1 heterocycles. The maximum Gasteiger partial charge on any atom is 0.191 e. The Kier molecular flexibility index (Phi) is 9.21. The monoisotopic (exact) mass is 446 g/mol. The van der Waals surface area contributed by atoms with E-state index in [0.29, 0.717) is 36.7 Å². The van der Waals surface area contributed by atoms with E-state index in [4.69, 9.17) is 0 Å². The summed E-state index contributed by atoms with van der Waals surface area (Å²) in [5.41, 5.74) is 0.936. The van der Waals surface area contributed by atoms with E-state index < -0.39 is 0 Å². The fourth-order valence-corrected chi connectivity index (χ4v) is 2.05. The molecule has 0 saturated heterocycles. The van der Waals surface area contributed by atoms with Crippen molar-refractivity contribution in [3.05, 3.63) is 65.5 Å². The molecule has 0 radical (unpaired) electrons. The number of benzene rings is 1. The number of nitrogens with one attached hydrogen (secondary N) is 2. The molecule has 0 bridgehead atoms. The van der Waals surface area contributed by atoms with Crippen LogP contribution in [0.1, 0.15) is 18.2 Å². The second-order valence-corrected chi connectivity index (χ2v) is 4.90. The number of aliphatic imine (C=N–C) groups is 1. The molecule has 7 heteroatoms. The smallest absolute Gasteiger partial charge is 0.191 e. The Labute approximate surface area is 157 Å². The van der Waals surface area contributed by atoms with E-state index in [1.165, 1.54) is 18.3 Å². The van der Waals surface area contributed by atoms with Crippen LogP contribution in [0.4, 0.5) is 8.78 Å². The van der Waals surface area contributed by atoms with E-state index >= 15 is 0 Å². The average Bonchev–Trinajstić information content (AvgIpc) is 2.55. The van der Waals surface area contributed by atoms with Gasteiger partial charge in [0.15, 0.2) is 5.96 Å². The average molecular weight is 446 g/mol. The highest BCUT2D eigenvalue weighted by molar-refractivity contribution is 14.0. The van der Waals surface area contributed by atoms with Crippen molar-refractivity contribution in [2.24, 2.45) is 4.99 Å². The van der Waals surface area contributed by atoms with Crippen LogP contribution >= 0.6 is 24.0 Å². The van der Waals surface area contributed by atoms with Crippen LogP contribution in [-0.2, 0) is 13.0 Å². The second-order valence-electron chi connectivity index (χ2n) is 4.90. The highest BCUT2D eigenvalue weighted by atomic mass is 127. The maximum atomic E-state index is 13.6. The second kappa shape index (κ2) is 10.9. The van der Waals surface area contributed by atoms with Gasteiger partial charge in [-0.3, -0.25) is 4.98 Å². The van der Waals surface area contributed by atoms with Gasteiger partial charge < -0.3 is 10.6 Å². The molecule has 0 fully saturated rings. The van der Waals surface area contributed by atoms with Gasteiger partial charge in [-0.1, -0.05) is 18.2 Å². The third-order valence-electron chi connectivity index (χ3n) is 3.21. The SMILES string of the molecule is CCNC(=NCc1ncccc1F)NCCc1ccccc1F.I. The molecular weight excluding hydrogens is 425 g/mol. The van der Waals surface area contributed by atoms with Gasteiger partial charge >= 0.3 is 0 Å². The van der Waals surface area contributed by atoms with E-state index in [0.717, 1.165) is 0 Å². The van der Waals surface area contributed by atoms with Crippen LogP contribution in [0.25, 0.3) is 0 Å². The summed E-state index contributed by atoms with van der Waals surface area (Å²) >= 11 is 0. The molecule has 24 heavy (non-hydrogen) atoms. The zero-order chi connectivity index (χ0) is 16.5. The molecule has 1 aromatic heterocycles. The summed E-state index contributed by atoms with van der Waals surface area (Å²) in [6.07, 6.45) is 2.07. The Hall–Kier alpha value is -1.77. The van der Waals surface area contributed by atoms with Crippen molar-refractivity contribution in [1.29, 1.82) is 0 Å². The lowest BCUT2D eigenvalue weighted by Crippen LogP contribution is -2.38. The first-order valence-electron chi connectivity index (χ1n) is 7.55. The van der Waals surface area contributed by atoms with Crippen molar-refractivity contribution in [3.63, 3.8) is 0 Å². The fourth-order valence-electron chi connectivity index (χ4n) is 2.05. The molecule has 0 amide bonds. The lowest BCUT2D eigenvalue weighted by atomic mass is 10.1. The van der Waals surface area contributed by atoms with E-state index in [9.17, 15) is 8.78 Å². The first kappa shape index (κ1) is 20.3. The first-order valence-corrected chi connectivity index (χ1v) is 7.55. The molecule has 0 aliphatic heterocycles. The zero-order valence-corrected chi connectivity index (χ0v) is 15.8. The molecule has 2 N–H and O–H groups in total. The van der Waals surface area contributed by atoms with Crippen molar-refractivity contribution in [1.82, 2.24) is 15.6 Å².